The fraction of sp³-hybridized carbons (Fsp3) is 0.250. The number of carbonyl (C=O) groups excluding carboxylic acids is 1. The molecule has 8 heteroatoms. The van der Waals surface area contributed by atoms with Gasteiger partial charge >= 0.3 is 6.18 Å². The van der Waals surface area contributed by atoms with Crippen molar-refractivity contribution < 1.29 is 18.0 Å². The second-order valence-corrected chi connectivity index (χ2v) is 2.91. The van der Waals surface area contributed by atoms with Crippen LogP contribution in [-0.4, -0.2) is 15.7 Å². The molecule has 1 heterocycles. The van der Waals surface area contributed by atoms with Crippen molar-refractivity contribution in [3.63, 3.8) is 0 Å². The predicted octanol–water partition coefficient (Wildman–Crippen LogP) is 0.857. The molecule has 88 valence electrons. The summed E-state index contributed by atoms with van der Waals surface area (Å²) >= 11 is 0. The third kappa shape index (κ3) is 2.15. The molecule has 0 saturated heterocycles. The summed E-state index contributed by atoms with van der Waals surface area (Å²) in [5.74, 6) is -0.887. The van der Waals surface area contributed by atoms with E-state index in [1.807, 2.05) is 10.4 Å². The first-order chi connectivity index (χ1) is 7.27. The zero-order valence-corrected chi connectivity index (χ0v) is 8.18. The molecule has 0 aromatic carbocycles. The van der Waals surface area contributed by atoms with E-state index in [9.17, 15) is 22.8 Å². The summed E-state index contributed by atoms with van der Waals surface area (Å²) in [6.45, 7) is 3.07. The Labute approximate surface area is 87.5 Å². The molecule has 5 nitrogen and oxygen atoms in total. The van der Waals surface area contributed by atoms with Crippen LogP contribution in [0.2, 0.25) is 0 Å². The predicted molar refractivity (Wildman–Crippen MR) is 49.9 cm³/mol. The Kier molecular flexibility index (Phi) is 2.92. The Morgan fingerprint density at radius 2 is 2.12 bits per heavy atom. The number of nitrogens with one attached hydrogen (secondary N) is 2. The number of halogens is 3. The van der Waals surface area contributed by atoms with Gasteiger partial charge in [-0.25, -0.2) is 0 Å². The summed E-state index contributed by atoms with van der Waals surface area (Å²) in [4.78, 5) is 22.0. The Morgan fingerprint density at radius 1 is 1.56 bits per heavy atom. The number of amides is 1. The van der Waals surface area contributed by atoms with E-state index in [0.717, 1.165) is 13.1 Å². The van der Waals surface area contributed by atoms with E-state index in [1.54, 1.807) is 0 Å². The van der Waals surface area contributed by atoms with Crippen molar-refractivity contribution in [1.82, 2.24) is 9.78 Å². The van der Waals surface area contributed by atoms with Crippen molar-refractivity contribution in [1.29, 1.82) is 0 Å². The van der Waals surface area contributed by atoms with Gasteiger partial charge in [0.05, 0.1) is 0 Å². The minimum atomic E-state index is -4.74. The van der Waals surface area contributed by atoms with Gasteiger partial charge in [-0.2, -0.15) is 13.2 Å². The molecule has 16 heavy (non-hydrogen) atoms. The van der Waals surface area contributed by atoms with Crippen LogP contribution in [0, 0.1) is 0 Å². The van der Waals surface area contributed by atoms with Crippen LogP contribution in [0.1, 0.15) is 5.69 Å². The molecule has 0 spiro atoms. The molecule has 0 bridgehead atoms. The molecule has 0 atom stereocenters. The molecule has 0 fully saturated rings. The molecule has 0 aliphatic heterocycles. The van der Waals surface area contributed by atoms with E-state index in [1.165, 1.54) is 0 Å². The summed E-state index contributed by atoms with van der Waals surface area (Å²) in [5, 5.41) is 3.72. The second-order valence-electron chi connectivity index (χ2n) is 2.91. The number of aromatic nitrogens is 2. The molecule has 1 amide bonds. The zero-order valence-electron chi connectivity index (χ0n) is 8.18. The lowest BCUT2D eigenvalue weighted by Crippen LogP contribution is -2.19. The minimum absolute atomic E-state index is 0.501. The van der Waals surface area contributed by atoms with E-state index >= 15 is 0 Å². The molecule has 0 radical (unpaired) electrons. The molecule has 2 N–H and O–H groups in total. The summed E-state index contributed by atoms with van der Waals surface area (Å²) in [7, 11) is 1.02. The quantitative estimate of drug-likeness (QED) is 0.746. The van der Waals surface area contributed by atoms with Crippen molar-refractivity contribution >= 4 is 11.6 Å². The van der Waals surface area contributed by atoms with E-state index in [0.29, 0.717) is 4.68 Å². The largest absolute Gasteiger partial charge is 0.435 e. The standard InChI is InChI=1S/C8H8F3N3O2/c1-3-4(15)12-5-6(8(9,10)11)14(2)13-7(5)16/h3H,1H2,2H3,(H,12,15)(H,13,16). The zero-order chi connectivity index (χ0) is 12.5. The van der Waals surface area contributed by atoms with Crippen molar-refractivity contribution in [3.8, 4) is 0 Å². The van der Waals surface area contributed by atoms with Gasteiger partial charge in [0.25, 0.3) is 5.56 Å². The number of anilines is 1. The van der Waals surface area contributed by atoms with Gasteiger partial charge in [-0.1, -0.05) is 6.58 Å². The van der Waals surface area contributed by atoms with Crippen LogP contribution in [0.15, 0.2) is 17.4 Å². The number of aromatic amines is 1. The minimum Gasteiger partial charge on any atom is -0.316 e. The lowest BCUT2D eigenvalue weighted by Gasteiger charge is -2.09. The van der Waals surface area contributed by atoms with Gasteiger partial charge in [-0.05, 0) is 6.08 Å². The van der Waals surface area contributed by atoms with Gasteiger partial charge in [0.15, 0.2) is 5.69 Å². The number of aryl methyl sites for hydroxylation is 1. The van der Waals surface area contributed by atoms with Crippen molar-refractivity contribution in [2.24, 2.45) is 7.05 Å². The van der Waals surface area contributed by atoms with E-state index in [4.69, 9.17) is 0 Å². The molecule has 0 saturated carbocycles. The maximum Gasteiger partial charge on any atom is 0.435 e. The lowest BCUT2D eigenvalue weighted by molar-refractivity contribution is -0.143. The Morgan fingerprint density at radius 3 is 2.56 bits per heavy atom. The Balaban J connectivity index is 3.32. The maximum atomic E-state index is 12.5. The lowest BCUT2D eigenvalue weighted by atomic mass is 10.3. The monoisotopic (exact) mass is 235 g/mol. The van der Waals surface area contributed by atoms with Crippen molar-refractivity contribution in [3.05, 3.63) is 28.7 Å². The first-order valence-electron chi connectivity index (χ1n) is 4.07. The third-order valence-electron chi connectivity index (χ3n) is 1.77. The number of hydrogen-bond acceptors (Lipinski definition) is 2. The topological polar surface area (TPSA) is 66.9 Å². The van der Waals surface area contributed by atoms with Gasteiger partial charge in [-0.3, -0.25) is 19.4 Å². The molecule has 1 rings (SSSR count). The van der Waals surface area contributed by atoms with Gasteiger partial charge in [0.2, 0.25) is 5.91 Å². The number of carbonyl (C=O) groups is 1. The smallest absolute Gasteiger partial charge is 0.316 e. The normalized spacial score (nSPS) is 11.2. The fourth-order valence-electron chi connectivity index (χ4n) is 1.16. The van der Waals surface area contributed by atoms with Crippen molar-refractivity contribution in [2.75, 3.05) is 5.32 Å². The number of H-pyrrole nitrogens is 1. The number of alkyl halides is 3. The highest BCUT2D eigenvalue weighted by Gasteiger charge is 2.39. The molecule has 1 aromatic rings. The van der Waals surface area contributed by atoms with Crippen LogP contribution in [0.25, 0.3) is 0 Å². The van der Waals surface area contributed by atoms with Crippen LogP contribution in [0.5, 0.6) is 0 Å². The van der Waals surface area contributed by atoms with Crippen LogP contribution in [-0.2, 0) is 18.0 Å². The van der Waals surface area contributed by atoms with Crippen molar-refractivity contribution in [2.45, 2.75) is 6.18 Å². The molecule has 1 aromatic heterocycles. The molecule has 0 unspecified atom stereocenters. The van der Waals surface area contributed by atoms with Gasteiger partial charge in [-0.15, -0.1) is 0 Å². The summed E-state index contributed by atoms with van der Waals surface area (Å²) in [6.07, 6.45) is -3.97. The summed E-state index contributed by atoms with van der Waals surface area (Å²) in [5.41, 5.74) is -3.10. The van der Waals surface area contributed by atoms with Crippen LogP contribution >= 0.6 is 0 Å². The maximum absolute atomic E-state index is 12.5. The molecular formula is C8H8F3N3O2. The molecule has 0 aliphatic rings. The SMILES string of the molecule is C=CC(=O)Nc1c(C(F)(F)F)n(C)[nH]c1=O. The number of nitrogens with zero attached hydrogens (tertiary/aromatic N) is 1. The summed E-state index contributed by atoms with van der Waals surface area (Å²) < 4.78 is 38.1. The molecular weight excluding hydrogens is 227 g/mol. The van der Waals surface area contributed by atoms with E-state index < -0.39 is 29.0 Å². The van der Waals surface area contributed by atoms with Gasteiger partial charge < -0.3 is 5.32 Å². The average molecular weight is 235 g/mol. The third-order valence-corrected chi connectivity index (χ3v) is 1.77. The highest BCUT2D eigenvalue weighted by molar-refractivity contribution is 5.99. The fourth-order valence-corrected chi connectivity index (χ4v) is 1.16. The van der Waals surface area contributed by atoms with Crippen LogP contribution in [0.4, 0.5) is 18.9 Å². The average Bonchev–Trinajstić information content (AvgIpc) is 2.40. The van der Waals surface area contributed by atoms with Gasteiger partial charge in [0, 0.05) is 7.05 Å². The van der Waals surface area contributed by atoms with Crippen LogP contribution in [0.3, 0.4) is 0 Å². The first kappa shape index (κ1) is 12.1. The van der Waals surface area contributed by atoms with Crippen LogP contribution < -0.4 is 10.9 Å². The van der Waals surface area contributed by atoms with E-state index in [2.05, 4.69) is 6.58 Å². The number of rotatable bonds is 2. The molecule has 0 aliphatic carbocycles. The Bertz CT molecular complexity index is 484. The number of hydrogen-bond donors (Lipinski definition) is 2. The summed E-state index contributed by atoms with van der Waals surface area (Å²) in [6, 6.07) is 0. The Hall–Kier alpha value is -1.99. The highest BCUT2D eigenvalue weighted by atomic mass is 19.4. The second kappa shape index (κ2) is 3.87. The first-order valence-corrected chi connectivity index (χ1v) is 4.07. The van der Waals surface area contributed by atoms with E-state index in [-0.39, 0.29) is 0 Å². The highest BCUT2D eigenvalue weighted by Crippen LogP contribution is 2.32. The van der Waals surface area contributed by atoms with Gasteiger partial charge in [0.1, 0.15) is 5.69 Å².